The first-order chi connectivity index (χ1) is 14.0. The third kappa shape index (κ3) is 4.03. The third-order valence-electron chi connectivity index (χ3n) is 4.27. The van der Waals surface area contributed by atoms with Crippen LogP contribution in [0.3, 0.4) is 0 Å². The molecule has 0 fully saturated rings. The number of nitrogens with zero attached hydrogens (tertiary/aromatic N) is 2. The quantitative estimate of drug-likeness (QED) is 0.502. The van der Waals surface area contributed by atoms with E-state index in [0.717, 1.165) is 28.8 Å². The van der Waals surface area contributed by atoms with E-state index in [4.69, 9.17) is 0 Å². The SMILES string of the molecule is Cc1cccc(Nc2nc(C(=O)Nc3ccc(F)cc3F)nc3ccccc23)c1. The second-order valence-corrected chi connectivity index (χ2v) is 6.49. The van der Waals surface area contributed by atoms with Crippen molar-refractivity contribution in [3.8, 4) is 0 Å². The summed E-state index contributed by atoms with van der Waals surface area (Å²) in [5, 5.41) is 6.33. The molecule has 0 saturated heterocycles. The first kappa shape index (κ1) is 18.5. The number of hydrogen-bond donors (Lipinski definition) is 2. The van der Waals surface area contributed by atoms with Crippen LogP contribution in [0.5, 0.6) is 0 Å². The number of rotatable bonds is 4. The number of amides is 1. The average Bonchev–Trinajstić information content (AvgIpc) is 2.70. The van der Waals surface area contributed by atoms with Crippen LogP contribution in [0.2, 0.25) is 0 Å². The van der Waals surface area contributed by atoms with E-state index in [2.05, 4.69) is 20.6 Å². The molecule has 0 unspecified atom stereocenters. The normalized spacial score (nSPS) is 10.7. The number of aryl methyl sites for hydroxylation is 1. The Labute approximate surface area is 165 Å². The molecule has 0 atom stereocenters. The standard InChI is InChI=1S/C22H16F2N4O/c1-13-5-4-6-15(11-13)25-20-16-7-2-3-8-18(16)26-21(28-20)22(29)27-19-10-9-14(23)12-17(19)24/h2-12H,1H3,(H,27,29)(H,25,26,28). The third-order valence-corrected chi connectivity index (χ3v) is 4.27. The summed E-state index contributed by atoms with van der Waals surface area (Å²) < 4.78 is 27.0. The highest BCUT2D eigenvalue weighted by Gasteiger charge is 2.16. The van der Waals surface area contributed by atoms with Crippen molar-refractivity contribution in [2.75, 3.05) is 10.6 Å². The van der Waals surface area contributed by atoms with Gasteiger partial charge in [-0.3, -0.25) is 4.79 Å². The van der Waals surface area contributed by atoms with Crippen LogP contribution in [0, 0.1) is 18.6 Å². The van der Waals surface area contributed by atoms with Gasteiger partial charge in [0.05, 0.1) is 11.2 Å². The fourth-order valence-electron chi connectivity index (χ4n) is 2.90. The van der Waals surface area contributed by atoms with E-state index in [0.29, 0.717) is 17.4 Å². The summed E-state index contributed by atoms with van der Waals surface area (Å²) in [4.78, 5) is 21.2. The van der Waals surface area contributed by atoms with Gasteiger partial charge in [0.2, 0.25) is 5.82 Å². The molecule has 5 nitrogen and oxygen atoms in total. The maximum atomic E-state index is 13.9. The molecule has 0 aliphatic heterocycles. The van der Waals surface area contributed by atoms with Gasteiger partial charge in [0.25, 0.3) is 5.91 Å². The Morgan fingerprint density at radius 1 is 0.931 bits per heavy atom. The van der Waals surface area contributed by atoms with Crippen molar-refractivity contribution < 1.29 is 13.6 Å². The molecule has 29 heavy (non-hydrogen) atoms. The van der Waals surface area contributed by atoms with Crippen molar-refractivity contribution in [2.24, 2.45) is 0 Å². The topological polar surface area (TPSA) is 66.9 Å². The molecule has 4 aromatic rings. The van der Waals surface area contributed by atoms with Gasteiger partial charge >= 0.3 is 0 Å². The van der Waals surface area contributed by atoms with Gasteiger partial charge in [0, 0.05) is 17.1 Å². The first-order valence-corrected chi connectivity index (χ1v) is 8.86. The zero-order chi connectivity index (χ0) is 20.4. The van der Waals surface area contributed by atoms with E-state index in [1.807, 2.05) is 43.3 Å². The number of hydrogen-bond acceptors (Lipinski definition) is 4. The molecule has 2 N–H and O–H groups in total. The number of halogens is 2. The van der Waals surface area contributed by atoms with Crippen LogP contribution in [0.25, 0.3) is 10.9 Å². The smallest absolute Gasteiger partial charge is 0.293 e. The maximum Gasteiger partial charge on any atom is 0.293 e. The van der Waals surface area contributed by atoms with Crippen molar-refractivity contribution in [1.82, 2.24) is 9.97 Å². The molecule has 144 valence electrons. The molecule has 4 rings (SSSR count). The van der Waals surface area contributed by atoms with Crippen molar-refractivity contribution >= 4 is 34.0 Å². The number of para-hydroxylation sites is 1. The highest BCUT2D eigenvalue weighted by molar-refractivity contribution is 6.04. The molecule has 1 aromatic heterocycles. The van der Waals surface area contributed by atoms with E-state index < -0.39 is 17.5 Å². The molecule has 0 aliphatic carbocycles. The summed E-state index contributed by atoms with van der Waals surface area (Å²) in [6, 6.07) is 17.9. The molecule has 0 spiro atoms. The van der Waals surface area contributed by atoms with Crippen molar-refractivity contribution in [2.45, 2.75) is 6.92 Å². The Kier molecular flexibility index (Phi) is 4.87. The average molecular weight is 390 g/mol. The molecular weight excluding hydrogens is 374 g/mol. The predicted molar refractivity (Wildman–Crippen MR) is 108 cm³/mol. The summed E-state index contributed by atoms with van der Waals surface area (Å²) in [5.41, 5.74) is 2.28. The van der Waals surface area contributed by atoms with E-state index in [9.17, 15) is 13.6 Å². The number of carbonyl (C=O) groups excluding carboxylic acids is 1. The number of anilines is 3. The predicted octanol–water partition coefficient (Wildman–Crippen LogP) is 5.21. The Bertz CT molecular complexity index is 1230. The van der Waals surface area contributed by atoms with Gasteiger partial charge in [-0.15, -0.1) is 0 Å². The van der Waals surface area contributed by atoms with Gasteiger partial charge < -0.3 is 10.6 Å². The molecule has 0 bridgehead atoms. The minimum atomic E-state index is -0.878. The second-order valence-electron chi connectivity index (χ2n) is 6.49. The number of aromatic nitrogens is 2. The van der Waals surface area contributed by atoms with Gasteiger partial charge in [-0.05, 0) is 48.9 Å². The Hall–Kier alpha value is -3.87. The van der Waals surface area contributed by atoms with Crippen LogP contribution < -0.4 is 10.6 Å². The number of carbonyl (C=O) groups is 1. The Morgan fingerprint density at radius 2 is 1.76 bits per heavy atom. The lowest BCUT2D eigenvalue weighted by Gasteiger charge is -2.12. The summed E-state index contributed by atoms with van der Waals surface area (Å²) in [7, 11) is 0. The lowest BCUT2D eigenvalue weighted by atomic mass is 10.2. The molecule has 0 aliphatic rings. The summed E-state index contributed by atoms with van der Waals surface area (Å²) in [6.45, 7) is 1.97. The highest BCUT2D eigenvalue weighted by Crippen LogP contribution is 2.25. The first-order valence-electron chi connectivity index (χ1n) is 8.86. The van der Waals surface area contributed by atoms with E-state index >= 15 is 0 Å². The van der Waals surface area contributed by atoms with Gasteiger partial charge in [-0.1, -0.05) is 24.3 Å². The molecular formula is C22H16F2N4O. The molecule has 7 heteroatoms. The highest BCUT2D eigenvalue weighted by atomic mass is 19.1. The lowest BCUT2D eigenvalue weighted by Crippen LogP contribution is -2.17. The Morgan fingerprint density at radius 3 is 2.55 bits per heavy atom. The number of fused-ring (bicyclic) bond motifs is 1. The van der Waals surface area contributed by atoms with Crippen molar-refractivity contribution in [3.05, 3.63) is 89.8 Å². The fourth-order valence-corrected chi connectivity index (χ4v) is 2.90. The van der Waals surface area contributed by atoms with Gasteiger partial charge in [-0.25, -0.2) is 18.7 Å². The minimum absolute atomic E-state index is 0.137. The van der Waals surface area contributed by atoms with Crippen LogP contribution in [-0.4, -0.2) is 15.9 Å². The van der Waals surface area contributed by atoms with Crippen LogP contribution in [0.15, 0.2) is 66.7 Å². The summed E-state index contributed by atoms with van der Waals surface area (Å²) in [6.07, 6.45) is 0. The van der Waals surface area contributed by atoms with Crippen LogP contribution in [-0.2, 0) is 0 Å². The monoisotopic (exact) mass is 390 g/mol. The molecule has 0 saturated carbocycles. The molecule has 3 aromatic carbocycles. The Balaban J connectivity index is 1.72. The van der Waals surface area contributed by atoms with Crippen LogP contribution in [0.1, 0.15) is 16.2 Å². The van der Waals surface area contributed by atoms with Gasteiger partial charge in [0.1, 0.15) is 17.5 Å². The van der Waals surface area contributed by atoms with Gasteiger partial charge in [0.15, 0.2) is 0 Å². The largest absolute Gasteiger partial charge is 0.340 e. The molecule has 1 heterocycles. The number of benzene rings is 3. The van der Waals surface area contributed by atoms with Crippen LogP contribution in [0.4, 0.5) is 26.0 Å². The van der Waals surface area contributed by atoms with Gasteiger partial charge in [-0.2, -0.15) is 0 Å². The minimum Gasteiger partial charge on any atom is -0.340 e. The molecule has 0 radical (unpaired) electrons. The second kappa shape index (κ2) is 7.63. The maximum absolute atomic E-state index is 13.9. The number of nitrogens with one attached hydrogen (secondary N) is 2. The van der Waals surface area contributed by atoms with Crippen molar-refractivity contribution in [3.63, 3.8) is 0 Å². The summed E-state index contributed by atoms with van der Waals surface area (Å²) >= 11 is 0. The summed E-state index contributed by atoms with van der Waals surface area (Å²) in [5.74, 6) is -1.99. The van der Waals surface area contributed by atoms with E-state index in [-0.39, 0.29) is 11.5 Å². The molecule has 1 amide bonds. The fraction of sp³-hybridized carbons (Fsp3) is 0.0455. The lowest BCUT2D eigenvalue weighted by molar-refractivity contribution is 0.101. The van der Waals surface area contributed by atoms with E-state index in [1.165, 1.54) is 0 Å². The zero-order valence-electron chi connectivity index (χ0n) is 15.4. The van der Waals surface area contributed by atoms with Crippen LogP contribution >= 0.6 is 0 Å². The zero-order valence-corrected chi connectivity index (χ0v) is 15.4. The van der Waals surface area contributed by atoms with Crippen molar-refractivity contribution in [1.29, 1.82) is 0 Å². The van der Waals surface area contributed by atoms with E-state index in [1.54, 1.807) is 12.1 Å².